The molecular weight excluding hydrogens is 358 g/mol. The third kappa shape index (κ3) is 4.51. The largest absolute Gasteiger partial charge is 0.480 e. The number of carbonyl (C=O) groups is 2. The van der Waals surface area contributed by atoms with Gasteiger partial charge in [0.15, 0.2) is 0 Å². The molecular formula is C20H25N5O3. The molecule has 0 bridgehead atoms. The van der Waals surface area contributed by atoms with Crippen molar-refractivity contribution in [2.75, 3.05) is 18.4 Å². The maximum absolute atomic E-state index is 12.4. The number of aliphatic carboxylic acids is 1. The molecule has 0 unspecified atom stereocenters. The summed E-state index contributed by atoms with van der Waals surface area (Å²) in [6, 6.07) is 9.67. The number of nitrogens with zero attached hydrogens (tertiary/aromatic N) is 3. The number of para-hydroxylation sites is 1. The average Bonchev–Trinajstić information content (AvgIpc) is 3.33. The van der Waals surface area contributed by atoms with E-state index in [1.807, 2.05) is 34.9 Å². The van der Waals surface area contributed by atoms with Gasteiger partial charge in [0.1, 0.15) is 0 Å². The number of rotatable bonds is 8. The van der Waals surface area contributed by atoms with E-state index in [0.717, 1.165) is 25.1 Å². The molecule has 1 heterocycles. The number of urea groups is 1. The van der Waals surface area contributed by atoms with Crippen molar-refractivity contribution >= 4 is 17.9 Å². The van der Waals surface area contributed by atoms with Gasteiger partial charge >= 0.3 is 12.0 Å². The van der Waals surface area contributed by atoms with E-state index >= 15 is 0 Å². The smallest absolute Gasteiger partial charge is 0.321 e. The van der Waals surface area contributed by atoms with E-state index in [4.69, 9.17) is 5.11 Å². The van der Waals surface area contributed by atoms with Gasteiger partial charge in [-0.15, -0.1) is 0 Å². The number of carbonyl (C=O) groups excluding carboxylic acids is 1. The minimum atomic E-state index is -0.789. The van der Waals surface area contributed by atoms with Crippen molar-refractivity contribution in [1.29, 1.82) is 0 Å². The Kier molecular flexibility index (Phi) is 5.29. The number of carboxylic acids is 1. The Hall–Kier alpha value is -2.87. The molecule has 2 aliphatic rings. The normalized spacial score (nSPS) is 21.2. The van der Waals surface area contributed by atoms with Crippen LogP contribution in [-0.2, 0) is 4.79 Å². The summed E-state index contributed by atoms with van der Waals surface area (Å²) in [6.45, 7) is 0.930. The first-order chi connectivity index (χ1) is 13.6. The molecule has 8 heteroatoms. The van der Waals surface area contributed by atoms with Gasteiger partial charge in [0.2, 0.25) is 5.95 Å². The summed E-state index contributed by atoms with van der Waals surface area (Å²) in [7, 11) is 0. The van der Waals surface area contributed by atoms with E-state index in [0.29, 0.717) is 11.9 Å². The number of benzene rings is 1. The minimum absolute atomic E-state index is 0.0561. The molecule has 1 aromatic heterocycles. The molecule has 0 aliphatic heterocycles. The number of hydrogen-bond acceptors (Lipinski definition) is 4. The van der Waals surface area contributed by atoms with Crippen molar-refractivity contribution in [2.24, 2.45) is 5.92 Å². The minimum Gasteiger partial charge on any atom is -0.480 e. The maximum atomic E-state index is 12.4. The van der Waals surface area contributed by atoms with E-state index in [1.54, 1.807) is 12.4 Å². The molecule has 2 saturated carbocycles. The van der Waals surface area contributed by atoms with Crippen LogP contribution in [-0.4, -0.2) is 56.7 Å². The van der Waals surface area contributed by atoms with E-state index < -0.39 is 5.97 Å². The Bertz CT molecular complexity index is 827. The van der Waals surface area contributed by atoms with Gasteiger partial charge in [-0.3, -0.25) is 19.6 Å². The summed E-state index contributed by atoms with van der Waals surface area (Å²) < 4.78 is 1.81. The summed E-state index contributed by atoms with van der Waals surface area (Å²) >= 11 is 0. The summed E-state index contributed by atoms with van der Waals surface area (Å²) in [4.78, 5) is 29.7. The predicted octanol–water partition coefficient (Wildman–Crippen LogP) is 2.32. The number of anilines is 1. The Balaban J connectivity index is 1.28. The Morgan fingerprint density at radius 3 is 2.64 bits per heavy atom. The van der Waals surface area contributed by atoms with Crippen LogP contribution >= 0.6 is 0 Å². The van der Waals surface area contributed by atoms with Gasteiger partial charge in [0, 0.05) is 36.7 Å². The molecule has 0 spiro atoms. The number of amides is 2. The molecule has 0 atom stereocenters. The van der Waals surface area contributed by atoms with Gasteiger partial charge in [-0.1, -0.05) is 18.2 Å². The maximum Gasteiger partial charge on any atom is 0.321 e. The molecule has 0 radical (unpaired) electrons. The van der Waals surface area contributed by atoms with Gasteiger partial charge in [0.25, 0.3) is 0 Å². The van der Waals surface area contributed by atoms with Crippen molar-refractivity contribution in [3.63, 3.8) is 0 Å². The van der Waals surface area contributed by atoms with E-state index in [9.17, 15) is 9.59 Å². The summed E-state index contributed by atoms with van der Waals surface area (Å²) in [6.07, 6.45) is 7.39. The second-order valence-electron chi connectivity index (χ2n) is 7.64. The van der Waals surface area contributed by atoms with Gasteiger partial charge < -0.3 is 10.4 Å². The molecule has 3 N–H and O–H groups in total. The lowest BCUT2D eigenvalue weighted by Crippen LogP contribution is -2.56. The lowest BCUT2D eigenvalue weighted by Gasteiger charge is -2.42. The van der Waals surface area contributed by atoms with Crippen LogP contribution < -0.4 is 10.6 Å². The molecule has 148 valence electrons. The Morgan fingerprint density at radius 2 is 1.96 bits per heavy atom. The number of nitrogens with one attached hydrogen (secondary N) is 2. The predicted molar refractivity (Wildman–Crippen MR) is 104 cm³/mol. The molecule has 1 aromatic carbocycles. The third-order valence-corrected chi connectivity index (χ3v) is 5.39. The Labute approximate surface area is 163 Å². The van der Waals surface area contributed by atoms with E-state index in [2.05, 4.69) is 20.5 Å². The number of carboxylic acid groups (broad SMARTS) is 1. The Morgan fingerprint density at radius 1 is 1.21 bits per heavy atom. The van der Waals surface area contributed by atoms with Crippen LogP contribution in [0.5, 0.6) is 0 Å². The molecule has 2 aromatic rings. The zero-order valence-corrected chi connectivity index (χ0v) is 15.6. The fourth-order valence-electron chi connectivity index (χ4n) is 3.67. The zero-order valence-electron chi connectivity index (χ0n) is 15.6. The first-order valence-electron chi connectivity index (χ1n) is 9.70. The summed E-state index contributed by atoms with van der Waals surface area (Å²) in [5, 5.41) is 14.9. The number of imidazole rings is 1. The van der Waals surface area contributed by atoms with Crippen LogP contribution in [0.2, 0.25) is 0 Å². The summed E-state index contributed by atoms with van der Waals surface area (Å²) in [5.74, 6) is 0.315. The number of aromatic nitrogens is 2. The first kappa shape index (κ1) is 18.5. The fourth-order valence-corrected chi connectivity index (χ4v) is 3.67. The highest BCUT2D eigenvalue weighted by molar-refractivity contribution is 5.88. The first-order valence-corrected chi connectivity index (χ1v) is 9.70. The van der Waals surface area contributed by atoms with Crippen molar-refractivity contribution < 1.29 is 14.7 Å². The highest BCUT2D eigenvalue weighted by Crippen LogP contribution is 2.33. The van der Waals surface area contributed by atoms with E-state index in [-0.39, 0.29) is 24.7 Å². The second-order valence-corrected chi connectivity index (χ2v) is 7.64. The molecule has 28 heavy (non-hydrogen) atoms. The standard InChI is InChI=1S/C20H25N5O3/c26-18(27)13-24(12-14-6-7-14)17-10-15(11-17)22-20(28)23-19-21-8-9-25(19)16-4-2-1-3-5-16/h1-5,8-9,14-15,17H,6-7,10-13H2,(H,26,27)(H2,21,22,23,28). The van der Waals surface area contributed by atoms with Crippen LogP contribution in [0.25, 0.3) is 5.69 Å². The van der Waals surface area contributed by atoms with Crippen molar-refractivity contribution in [3.8, 4) is 5.69 Å². The topological polar surface area (TPSA) is 99.5 Å². The molecule has 8 nitrogen and oxygen atoms in total. The fraction of sp³-hybridized carbons (Fsp3) is 0.450. The van der Waals surface area contributed by atoms with Crippen molar-refractivity contribution in [1.82, 2.24) is 19.8 Å². The molecule has 2 aliphatic carbocycles. The molecule has 2 amide bonds. The second kappa shape index (κ2) is 8.02. The van der Waals surface area contributed by atoms with Gasteiger partial charge in [0.05, 0.1) is 6.54 Å². The number of hydrogen-bond donors (Lipinski definition) is 3. The third-order valence-electron chi connectivity index (χ3n) is 5.39. The lowest BCUT2D eigenvalue weighted by atomic mass is 9.85. The van der Waals surface area contributed by atoms with Crippen LogP contribution in [0.15, 0.2) is 42.7 Å². The van der Waals surface area contributed by atoms with Gasteiger partial charge in [-0.2, -0.15) is 0 Å². The quantitative estimate of drug-likeness (QED) is 0.650. The van der Waals surface area contributed by atoms with Crippen molar-refractivity contribution in [3.05, 3.63) is 42.7 Å². The molecule has 4 rings (SSSR count). The SMILES string of the molecule is O=C(O)CN(CC1CC1)C1CC(NC(=O)Nc2nccn2-c2ccccc2)C1. The highest BCUT2D eigenvalue weighted by atomic mass is 16.4. The highest BCUT2D eigenvalue weighted by Gasteiger charge is 2.37. The van der Waals surface area contributed by atoms with Gasteiger partial charge in [-0.25, -0.2) is 9.78 Å². The van der Waals surface area contributed by atoms with Crippen LogP contribution in [0.1, 0.15) is 25.7 Å². The molecule has 0 saturated heterocycles. The lowest BCUT2D eigenvalue weighted by molar-refractivity contribution is -0.139. The average molecular weight is 383 g/mol. The van der Waals surface area contributed by atoms with E-state index in [1.165, 1.54) is 12.8 Å². The summed E-state index contributed by atoms with van der Waals surface area (Å²) in [5.41, 5.74) is 0.920. The van der Waals surface area contributed by atoms with Crippen LogP contribution in [0, 0.1) is 5.92 Å². The van der Waals surface area contributed by atoms with Crippen molar-refractivity contribution in [2.45, 2.75) is 37.8 Å². The van der Waals surface area contributed by atoms with Crippen LogP contribution in [0.4, 0.5) is 10.7 Å². The zero-order chi connectivity index (χ0) is 19.5. The van der Waals surface area contributed by atoms with Gasteiger partial charge in [-0.05, 0) is 43.7 Å². The monoisotopic (exact) mass is 383 g/mol. The molecule has 2 fully saturated rings. The van der Waals surface area contributed by atoms with Crippen LogP contribution in [0.3, 0.4) is 0 Å².